The van der Waals surface area contributed by atoms with Gasteiger partial charge in [0.2, 0.25) is 0 Å². The first kappa shape index (κ1) is 25.6. The molecule has 0 fully saturated rings. The smallest absolute Gasteiger partial charge is 0.356 e. The Morgan fingerprint density at radius 1 is 1.21 bits per heavy atom. The second kappa shape index (κ2) is 11.7. The highest BCUT2D eigenvalue weighted by molar-refractivity contribution is 14.0. The van der Waals surface area contributed by atoms with E-state index < -0.39 is 11.9 Å². The number of aromatic nitrogens is 1. The van der Waals surface area contributed by atoms with Crippen LogP contribution in [-0.4, -0.2) is 50.1 Å². The molecule has 162 valence electrons. The third-order valence-corrected chi connectivity index (χ3v) is 5.15. The van der Waals surface area contributed by atoms with Crippen LogP contribution in [0.15, 0.2) is 34.6 Å². The Hall–Kier alpha value is -1.40. The number of hydrogen-bond donors (Lipinski definition) is 2. The zero-order valence-corrected chi connectivity index (χ0v) is 20.0. The van der Waals surface area contributed by atoms with Crippen LogP contribution < -0.4 is 10.6 Å². The molecule has 0 spiro atoms. The summed E-state index contributed by atoms with van der Waals surface area (Å²) in [5.41, 5.74) is 1.57. The molecule has 1 aromatic carbocycles. The van der Waals surface area contributed by atoms with Gasteiger partial charge in [0.25, 0.3) is 0 Å². The quantitative estimate of drug-likeness (QED) is 0.315. The van der Waals surface area contributed by atoms with Crippen LogP contribution in [0.5, 0.6) is 0 Å². The zero-order chi connectivity index (χ0) is 20.7. The van der Waals surface area contributed by atoms with Crippen LogP contribution in [0.4, 0.5) is 13.2 Å². The largest absolute Gasteiger partial charge is 0.434 e. The van der Waals surface area contributed by atoms with E-state index in [4.69, 9.17) is 0 Å². The van der Waals surface area contributed by atoms with Crippen molar-refractivity contribution in [2.75, 3.05) is 34.2 Å². The highest BCUT2D eigenvalue weighted by Gasteiger charge is 2.33. The van der Waals surface area contributed by atoms with E-state index in [1.807, 2.05) is 14.1 Å². The SMILES string of the molecule is CN=C(NCCc1nc(C(F)(F)F)cs1)NCC(c1ccc(C)cc1)N(C)C.I. The van der Waals surface area contributed by atoms with E-state index in [0.29, 0.717) is 30.5 Å². The lowest BCUT2D eigenvalue weighted by atomic mass is 10.0. The molecule has 2 rings (SSSR count). The summed E-state index contributed by atoms with van der Waals surface area (Å²) in [4.78, 5) is 9.94. The lowest BCUT2D eigenvalue weighted by Gasteiger charge is -2.26. The fourth-order valence-electron chi connectivity index (χ4n) is 2.64. The lowest BCUT2D eigenvalue weighted by Crippen LogP contribution is -2.42. The Balaban J connectivity index is 0.00000420. The van der Waals surface area contributed by atoms with Crippen LogP contribution in [0.25, 0.3) is 0 Å². The van der Waals surface area contributed by atoms with Gasteiger partial charge < -0.3 is 15.5 Å². The van der Waals surface area contributed by atoms with Crippen LogP contribution in [0.2, 0.25) is 0 Å². The maximum absolute atomic E-state index is 12.6. The normalized spacial score (nSPS) is 13.2. The summed E-state index contributed by atoms with van der Waals surface area (Å²) in [6.07, 6.45) is -3.99. The minimum absolute atomic E-state index is 0. The first-order valence-corrected chi connectivity index (χ1v) is 9.77. The van der Waals surface area contributed by atoms with Gasteiger partial charge >= 0.3 is 6.18 Å². The number of thiazole rings is 1. The van der Waals surface area contributed by atoms with Crippen molar-refractivity contribution in [3.63, 3.8) is 0 Å². The summed E-state index contributed by atoms with van der Waals surface area (Å²) in [6.45, 7) is 3.14. The summed E-state index contributed by atoms with van der Waals surface area (Å²) < 4.78 is 37.8. The van der Waals surface area contributed by atoms with Gasteiger partial charge in [-0.25, -0.2) is 4.98 Å². The van der Waals surface area contributed by atoms with Crippen molar-refractivity contribution in [3.05, 3.63) is 51.5 Å². The molecule has 0 aliphatic carbocycles. The minimum Gasteiger partial charge on any atom is -0.356 e. The number of rotatable bonds is 7. The van der Waals surface area contributed by atoms with Crippen molar-refractivity contribution < 1.29 is 13.2 Å². The van der Waals surface area contributed by atoms with Crippen LogP contribution in [0.3, 0.4) is 0 Å². The van der Waals surface area contributed by atoms with Gasteiger partial charge in [-0.3, -0.25) is 4.99 Å². The Morgan fingerprint density at radius 2 is 1.86 bits per heavy atom. The standard InChI is InChI=1S/C19H26F3N5S.HI/c1-13-5-7-14(8-6-13)15(27(3)4)11-25-18(23-2)24-10-9-17-26-16(12-28-17)19(20,21)22;/h5-8,12,15H,9-11H2,1-4H3,(H2,23,24,25);1H. The summed E-state index contributed by atoms with van der Waals surface area (Å²) in [5.74, 6) is 0.603. The number of nitrogens with zero attached hydrogens (tertiary/aromatic N) is 3. The molecule has 0 bridgehead atoms. The first-order chi connectivity index (χ1) is 13.2. The van der Waals surface area contributed by atoms with Crippen LogP contribution >= 0.6 is 35.3 Å². The second-order valence-corrected chi connectivity index (χ2v) is 7.59. The molecule has 0 saturated heterocycles. The van der Waals surface area contributed by atoms with E-state index in [-0.39, 0.29) is 30.0 Å². The van der Waals surface area contributed by atoms with Crippen molar-refractivity contribution in [3.8, 4) is 0 Å². The molecular weight excluding hydrogens is 514 g/mol. The number of alkyl halides is 3. The maximum Gasteiger partial charge on any atom is 0.434 e. The molecule has 1 unspecified atom stereocenters. The van der Waals surface area contributed by atoms with Gasteiger partial charge in [0, 0.05) is 31.9 Å². The molecule has 2 N–H and O–H groups in total. The number of benzene rings is 1. The number of nitrogens with one attached hydrogen (secondary N) is 2. The molecule has 0 radical (unpaired) electrons. The summed E-state index contributed by atoms with van der Waals surface area (Å²) in [7, 11) is 5.70. The average Bonchev–Trinajstić information content (AvgIpc) is 3.11. The molecule has 1 heterocycles. The van der Waals surface area contributed by atoms with Gasteiger partial charge in [-0.2, -0.15) is 13.2 Å². The van der Waals surface area contributed by atoms with E-state index in [0.717, 1.165) is 16.7 Å². The minimum atomic E-state index is -4.39. The number of halogens is 4. The molecule has 29 heavy (non-hydrogen) atoms. The predicted octanol–water partition coefficient (Wildman–Crippen LogP) is 4.10. The first-order valence-electron chi connectivity index (χ1n) is 8.90. The van der Waals surface area contributed by atoms with Crippen LogP contribution in [-0.2, 0) is 12.6 Å². The van der Waals surface area contributed by atoms with E-state index in [2.05, 4.69) is 56.7 Å². The van der Waals surface area contributed by atoms with Gasteiger partial charge in [-0.05, 0) is 26.6 Å². The van der Waals surface area contributed by atoms with Crippen molar-refractivity contribution in [1.29, 1.82) is 0 Å². The molecule has 0 amide bonds. The van der Waals surface area contributed by atoms with Crippen LogP contribution in [0.1, 0.15) is 27.9 Å². The lowest BCUT2D eigenvalue weighted by molar-refractivity contribution is -0.140. The van der Waals surface area contributed by atoms with Gasteiger partial charge in [-0.1, -0.05) is 29.8 Å². The Labute approximate surface area is 190 Å². The molecule has 2 aromatic rings. The molecule has 5 nitrogen and oxygen atoms in total. The Bertz CT molecular complexity index is 775. The van der Waals surface area contributed by atoms with Crippen LogP contribution in [0, 0.1) is 6.92 Å². The van der Waals surface area contributed by atoms with Crippen molar-refractivity contribution in [2.45, 2.75) is 25.6 Å². The molecule has 0 aliphatic heterocycles. The Kier molecular flexibility index (Phi) is 10.3. The van der Waals surface area contributed by atoms with Gasteiger partial charge in [-0.15, -0.1) is 35.3 Å². The average molecular weight is 541 g/mol. The number of guanidine groups is 1. The molecular formula is C19H27F3IN5S. The Morgan fingerprint density at radius 3 is 2.38 bits per heavy atom. The van der Waals surface area contributed by atoms with Gasteiger partial charge in [0.05, 0.1) is 11.0 Å². The molecule has 0 saturated carbocycles. The van der Waals surface area contributed by atoms with Crippen molar-refractivity contribution in [1.82, 2.24) is 20.5 Å². The number of aliphatic imine (C=N–C) groups is 1. The summed E-state index contributed by atoms with van der Waals surface area (Å²) >= 11 is 1.02. The topological polar surface area (TPSA) is 52.6 Å². The van der Waals surface area contributed by atoms with Crippen molar-refractivity contribution >= 4 is 41.3 Å². The third kappa shape index (κ3) is 8.09. The highest BCUT2D eigenvalue weighted by Crippen LogP contribution is 2.30. The fourth-order valence-corrected chi connectivity index (χ4v) is 3.45. The highest BCUT2D eigenvalue weighted by atomic mass is 127. The number of hydrogen-bond acceptors (Lipinski definition) is 4. The summed E-state index contributed by atoms with van der Waals surface area (Å²) in [6, 6.07) is 8.55. The third-order valence-electron chi connectivity index (χ3n) is 4.25. The zero-order valence-electron chi connectivity index (χ0n) is 16.9. The number of aryl methyl sites for hydroxylation is 1. The van der Waals surface area contributed by atoms with E-state index in [1.165, 1.54) is 11.1 Å². The van der Waals surface area contributed by atoms with Crippen molar-refractivity contribution in [2.24, 2.45) is 4.99 Å². The van der Waals surface area contributed by atoms with E-state index in [9.17, 15) is 13.2 Å². The molecule has 1 atom stereocenters. The predicted molar refractivity (Wildman–Crippen MR) is 123 cm³/mol. The maximum atomic E-state index is 12.6. The van der Waals surface area contributed by atoms with E-state index in [1.54, 1.807) is 7.05 Å². The van der Waals surface area contributed by atoms with Gasteiger partial charge in [0.15, 0.2) is 11.7 Å². The van der Waals surface area contributed by atoms with Gasteiger partial charge in [0.1, 0.15) is 0 Å². The summed E-state index contributed by atoms with van der Waals surface area (Å²) in [5, 5.41) is 7.90. The molecule has 1 aromatic heterocycles. The fraction of sp³-hybridized carbons (Fsp3) is 0.474. The molecule has 0 aliphatic rings. The number of likely N-dealkylation sites (N-methyl/N-ethyl adjacent to an activating group) is 1. The van der Waals surface area contributed by atoms with E-state index >= 15 is 0 Å². The second-order valence-electron chi connectivity index (χ2n) is 6.64. The molecule has 10 heteroatoms. The monoisotopic (exact) mass is 541 g/mol.